The predicted octanol–water partition coefficient (Wildman–Crippen LogP) is 6.15. The molecule has 3 aromatic rings. The number of ether oxygens (including phenoxy) is 1. The molecular weight excluding hydrogens is 330 g/mol. The summed E-state index contributed by atoms with van der Waals surface area (Å²) in [5, 5.41) is 4.23. The van der Waals surface area contributed by atoms with Gasteiger partial charge in [0.05, 0.1) is 0 Å². The van der Waals surface area contributed by atoms with Crippen LogP contribution in [0.4, 0.5) is 5.69 Å². The van der Waals surface area contributed by atoms with Crippen LogP contribution in [-0.4, -0.2) is 0 Å². The van der Waals surface area contributed by atoms with E-state index >= 15 is 0 Å². The van der Waals surface area contributed by atoms with Crippen LogP contribution in [0.5, 0.6) is 5.75 Å². The standard InChI is InChI=1S/C22H22ClNO/c1-16-3-12-22(17(2)13-16)24-14-18-6-10-21(11-7-18)25-15-19-4-8-20(23)9-5-19/h3-13,24H,14-15H2,1-2H3. The number of benzene rings is 3. The summed E-state index contributed by atoms with van der Waals surface area (Å²) in [5.74, 6) is 0.866. The molecule has 0 fully saturated rings. The molecule has 0 amide bonds. The third-order valence-corrected chi connectivity index (χ3v) is 4.36. The van der Waals surface area contributed by atoms with E-state index in [0.29, 0.717) is 6.61 Å². The van der Waals surface area contributed by atoms with Crippen LogP contribution in [0.25, 0.3) is 0 Å². The Hall–Kier alpha value is -2.45. The van der Waals surface area contributed by atoms with Gasteiger partial charge in [-0.05, 0) is 60.9 Å². The molecule has 0 aliphatic heterocycles. The molecule has 3 rings (SSSR count). The van der Waals surface area contributed by atoms with Crippen molar-refractivity contribution < 1.29 is 4.74 Å². The van der Waals surface area contributed by atoms with Gasteiger partial charge in [-0.3, -0.25) is 0 Å². The molecule has 0 bridgehead atoms. The maximum atomic E-state index is 5.89. The molecule has 0 aromatic heterocycles. The molecule has 0 spiro atoms. The number of rotatable bonds is 6. The van der Waals surface area contributed by atoms with Crippen LogP contribution in [-0.2, 0) is 13.2 Å². The molecule has 0 atom stereocenters. The molecule has 1 N–H and O–H groups in total. The molecule has 128 valence electrons. The first-order valence-electron chi connectivity index (χ1n) is 8.37. The lowest BCUT2D eigenvalue weighted by atomic mass is 10.1. The number of halogens is 1. The molecule has 0 saturated carbocycles. The van der Waals surface area contributed by atoms with Gasteiger partial charge in [0.25, 0.3) is 0 Å². The van der Waals surface area contributed by atoms with Crippen LogP contribution < -0.4 is 10.1 Å². The fraction of sp³-hybridized carbons (Fsp3) is 0.182. The second-order valence-electron chi connectivity index (χ2n) is 6.23. The average molecular weight is 352 g/mol. The molecule has 0 radical (unpaired) electrons. The minimum absolute atomic E-state index is 0.539. The smallest absolute Gasteiger partial charge is 0.119 e. The molecule has 3 aromatic carbocycles. The highest BCUT2D eigenvalue weighted by atomic mass is 35.5. The first-order chi connectivity index (χ1) is 12.1. The largest absolute Gasteiger partial charge is 0.489 e. The van der Waals surface area contributed by atoms with Crippen molar-refractivity contribution in [2.75, 3.05) is 5.32 Å². The highest BCUT2D eigenvalue weighted by Crippen LogP contribution is 2.19. The van der Waals surface area contributed by atoms with Gasteiger partial charge in [0.2, 0.25) is 0 Å². The summed E-state index contributed by atoms with van der Waals surface area (Å²) in [5.41, 5.74) is 6.05. The van der Waals surface area contributed by atoms with E-state index in [9.17, 15) is 0 Å². The zero-order chi connectivity index (χ0) is 17.6. The highest BCUT2D eigenvalue weighted by Gasteiger charge is 2.00. The Bertz CT molecular complexity index is 826. The predicted molar refractivity (Wildman–Crippen MR) is 105 cm³/mol. The van der Waals surface area contributed by atoms with Gasteiger partial charge in [0.15, 0.2) is 0 Å². The second-order valence-corrected chi connectivity index (χ2v) is 6.67. The fourth-order valence-electron chi connectivity index (χ4n) is 2.66. The Morgan fingerprint density at radius 3 is 2.20 bits per heavy atom. The van der Waals surface area contributed by atoms with Crippen molar-refractivity contribution in [2.45, 2.75) is 27.0 Å². The summed E-state index contributed by atoms with van der Waals surface area (Å²) >= 11 is 5.89. The summed E-state index contributed by atoms with van der Waals surface area (Å²) in [4.78, 5) is 0. The zero-order valence-corrected chi connectivity index (χ0v) is 15.3. The lowest BCUT2D eigenvalue weighted by Crippen LogP contribution is -2.01. The molecular formula is C22H22ClNO. The van der Waals surface area contributed by atoms with Crippen molar-refractivity contribution in [2.24, 2.45) is 0 Å². The van der Waals surface area contributed by atoms with Crippen molar-refractivity contribution in [1.82, 2.24) is 0 Å². The van der Waals surface area contributed by atoms with Crippen molar-refractivity contribution in [1.29, 1.82) is 0 Å². The molecule has 0 saturated heterocycles. The Balaban J connectivity index is 1.54. The van der Waals surface area contributed by atoms with E-state index in [1.807, 2.05) is 36.4 Å². The van der Waals surface area contributed by atoms with Crippen molar-refractivity contribution >= 4 is 17.3 Å². The van der Waals surface area contributed by atoms with Crippen LogP contribution in [0.3, 0.4) is 0 Å². The monoisotopic (exact) mass is 351 g/mol. The first-order valence-corrected chi connectivity index (χ1v) is 8.75. The molecule has 3 heteroatoms. The number of hydrogen-bond acceptors (Lipinski definition) is 2. The Morgan fingerprint density at radius 1 is 0.840 bits per heavy atom. The number of anilines is 1. The minimum Gasteiger partial charge on any atom is -0.489 e. The van der Waals surface area contributed by atoms with Crippen LogP contribution in [0.2, 0.25) is 5.02 Å². The van der Waals surface area contributed by atoms with Gasteiger partial charge in [-0.2, -0.15) is 0 Å². The third-order valence-electron chi connectivity index (χ3n) is 4.11. The van der Waals surface area contributed by atoms with E-state index in [1.165, 1.54) is 22.4 Å². The highest BCUT2D eigenvalue weighted by molar-refractivity contribution is 6.30. The third kappa shape index (κ3) is 5.01. The lowest BCUT2D eigenvalue weighted by Gasteiger charge is -2.11. The van der Waals surface area contributed by atoms with E-state index in [0.717, 1.165) is 22.9 Å². The van der Waals surface area contributed by atoms with Gasteiger partial charge < -0.3 is 10.1 Å². The summed E-state index contributed by atoms with van der Waals surface area (Å²) in [6, 6.07) is 22.4. The molecule has 2 nitrogen and oxygen atoms in total. The SMILES string of the molecule is Cc1ccc(NCc2ccc(OCc3ccc(Cl)cc3)cc2)c(C)c1. The van der Waals surface area contributed by atoms with E-state index in [2.05, 4.69) is 49.5 Å². The normalized spacial score (nSPS) is 10.5. The Kier molecular flexibility index (Phi) is 5.62. The van der Waals surface area contributed by atoms with Crippen LogP contribution >= 0.6 is 11.6 Å². The van der Waals surface area contributed by atoms with Crippen molar-refractivity contribution in [3.8, 4) is 5.75 Å². The van der Waals surface area contributed by atoms with E-state index in [1.54, 1.807) is 0 Å². The lowest BCUT2D eigenvalue weighted by molar-refractivity contribution is 0.306. The van der Waals surface area contributed by atoms with Gasteiger partial charge in [-0.25, -0.2) is 0 Å². The topological polar surface area (TPSA) is 21.3 Å². The fourth-order valence-corrected chi connectivity index (χ4v) is 2.79. The summed E-state index contributed by atoms with van der Waals surface area (Å²) in [6.07, 6.45) is 0. The van der Waals surface area contributed by atoms with Gasteiger partial charge >= 0.3 is 0 Å². The number of aryl methyl sites for hydroxylation is 2. The van der Waals surface area contributed by atoms with Gasteiger partial charge in [-0.15, -0.1) is 0 Å². The van der Waals surface area contributed by atoms with Crippen molar-refractivity contribution in [3.05, 3.63) is 94.0 Å². The van der Waals surface area contributed by atoms with Crippen LogP contribution in [0.1, 0.15) is 22.3 Å². The first kappa shape index (κ1) is 17.4. The van der Waals surface area contributed by atoms with Gasteiger partial charge in [0.1, 0.15) is 12.4 Å². The van der Waals surface area contributed by atoms with Gasteiger partial charge in [0, 0.05) is 17.3 Å². The number of nitrogens with one attached hydrogen (secondary N) is 1. The van der Waals surface area contributed by atoms with Crippen molar-refractivity contribution in [3.63, 3.8) is 0 Å². The maximum Gasteiger partial charge on any atom is 0.119 e. The summed E-state index contributed by atoms with van der Waals surface area (Å²) in [6.45, 7) is 5.57. The average Bonchev–Trinajstić information content (AvgIpc) is 2.61. The van der Waals surface area contributed by atoms with Crippen LogP contribution in [0.15, 0.2) is 66.7 Å². The van der Waals surface area contributed by atoms with E-state index in [-0.39, 0.29) is 0 Å². The Morgan fingerprint density at radius 2 is 1.52 bits per heavy atom. The molecule has 25 heavy (non-hydrogen) atoms. The molecule has 0 aliphatic rings. The summed E-state index contributed by atoms with van der Waals surface area (Å²) < 4.78 is 5.82. The zero-order valence-electron chi connectivity index (χ0n) is 14.6. The van der Waals surface area contributed by atoms with Crippen LogP contribution in [0, 0.1) is 13.8 Å². The molecule has 0 aliphatic carbocycles. The molecule has 0 heterocycles. The van der Waals surface area contributed by atoms with Gasteiger partial charge in [-0.1, -0.05) is 53.6 Å². The maximum absolute atomic E-state index is 5.89. The Labute approximate surface area is 154 Å². The van der Waals surface area contributed by atoms with E-state index in [4.69, 9.17) is 16.3 Å². The quantitative estimate of drug-likeness (QED) is 0.575. The minimum atomic E-state index is 0.539. The summed E-state index contributed by atoms with van der Waals surface area (Å²) in [7, 11) is 0. The van der Waals surface area contributed by atoms with E-state index < -0.39 is 0 Å². The molecule has 0 unspecified atom stereocenters. The second kappa shape index (κ2) is 8.09. The number of hydrogen-bond donors (Lipinski definition) is 1.